The van der Waals surface area contributed by atoms with E-state index in [9.17, 15) is 0 Å². The second-order valence-corrected chi connectivity index (χ2v) is 6.94. The summed E-state index contributed by atoms with van der Waals surface area (Å²) in [5.41, 5.74) is 0. The lowest BCUT2D eigenvalue weighted by atomic mass is 9.89. The van der Waals surface area contributed by atoms with E-state index in [-0.39, 0.29) is 0 Å². The van der Waals surface area contributed by atoms with Crippen LogP contribution in [0.3, 0.4) is 0 Å². The SMILES string of the molecule is CCCCCC(CCCC)CCCCC1CCCC1. The summed E-state index contributed by atoms with van der Waals surface area (Å²) >= 11 is 0. The molecule has 0 heteroatoms. The van der Waals surface area contributed by atoms with Gasteiger partial charge in [-0.15, -0.1) is 0 Å². The Morgan fingerprint density at radius 1 is 0.737 bits per heavy atom. The van der Waals surface area contributed by atoms with E-state index in [4.69, 9.17) is 0 Å². The summed E-state index contributed by atoms with van der Waals surface area (Å²) < 4.78 is 0. The van der Waals surface area contributed by atoms with E-state index >= 15 is 0 Å². The molecule has 114 valence electrons. The fourth-order valence-corrected chi connectivity index (χ4v) is 3.77. The van der Waals surface area contributed by atoms with Crippen LogP contribution in [0.2, 0.25) is 0 Å². The van der Waals surface area contributed by atoms with Crippen LogP contribution in [-0.2, 0) is 0 Å². The Hall–Kier alpha value is 0. The van der Waals surface area contributed by atoms with Gasteiger partial charge >= 0.3 is 0 Å². The van der Waals surface area contributed by atoms with Crippen LogP contribution in [0.1, 0.15) is 110 Å². The first-order valence-electron chi connectivity index (χ1n) is 9.36. The average molecular weight is 267 g/mol. The summed E-state index contributed by atoms with van der Waals surface area (Å²) in [5, 5.41) is 0. The highest BCUT2D eigenvalue weighted by atomic mass is 14.2. The van der Waals surface area contributed by atoms with Gasteiger partial charge in [-0.1, -0.05) is 110 Å². The molecule has 1 atom stereocenters. The monoisotopic (exact) mass is 266 g/mol. The van der Waals surface area contributed by atoms with Gasteiger partial charge in [0.25, 0.3) is 0 Å². The second kappa shape index (κ2) is 11.8. The normalized spacial score (nSPS) is 18.0. The van der Waals surface area contributed by atoms with Gasteiger partial charge in [-0.2, -0.15) is 0 Å². The van der Waals surface area contributed by atoms with E-state index in [0.29, 0.717) is 0 Å². The molecule has 0 saturated heterocycles. The van der Waals surface area contributed by atoms with E-state index in [1.807, 2.05) is 0 Å². The molecular formula is C19H38. The highest BCUT2D eigenvalue weighted by molar-refractivity contribution is 4.68. The zero-order chi connectivity index (χ0) is 13.8. The van der Waals surface area contributed by atoms with Crippen molar-refractivity contribution in [3.8, 4) is 0 Å². The molecule has 0 radical (unpaired) electrons. The standard InChI is InChI=1S/C19H38/c1-3-5-7-13-18(12-6-4-2)14-8-9-15-19-16-10-11-17-19/h18-19H,3-17H2,1-2H3. The van der Waals surface area contributed by atoms with E-state index < -0.39 is 0 Å². The maximum Gasteiger partial charge on any atom is -0.0414 e. The van der Waals surface area contributed by atoms with Gasteiger partial charge in [-0.05, 0) is 11.8 Å². The summed E-state index contributed by atoms with van der Waals surface area (Å²) in [6.07, 6.45) is 22.4. The van der Waals surface area contributed by atoms with Crippen LogP contribution in [0, 0.1) is 11.8 Å². The molecular weight excluding hydrogens is 228 g/mol. The molecule has 0 aromatic heterocycles. The van der Waals surface area contributed by atoms with Gasteiger partial charge in [0.15, 0.2) is 0 Å². The van der Waals surface area contributed by atoms with Crippen molar-refractivity contribution in [2.24, 2.45) is 11.8 Å². The van der Waals surface area contributed by atoms with Crippen molar-refractivity contribution in [3.63, 3.8) is 0 Å². The molecule has 1 aliphatic rings. The van der Waals surface area contributed by atoms with Gasteiger partial charge in [0, 0.05) is 0 Å². The molecule has 0 nitrogen and oxygen atoms in total. The molecule has 0 heterocycles. The quantitative estimate of drug-likeness (QED) is 0.330. The van der Waals surface area contributed by atoms with Crippen LogP contribution in [-0.4, -0.2) is 0 Å². The van der Waals surface area contributed by atoms with Gasteiger partial charge in [0.05, 0.1) is 0 Å². The fraction of sp³-hybridized carbons (Fsp3) is 1.00. The molecule has 0 aliphatic heterocycles. The van der Waals surface area contributed by atoms with Gasteiger partial charge in [0.1, 0.15) is 0 Å². The zero-order valence-electron chi connectivity index (χ0n) is 13.8. The Morgan fingerprint density at radius 2 is 1.32 bits per heavy atom. The van der Waals surface area contributed by atoms with Gasteiger partial charge in [0.2, 0.25) is 0 Å². The van der Waals surface area contributed by atoms with Gasteiger partial charge < -0.3 is 0 Å². The highest BCUT2D eigenvalue weighted by Crippen LogP contribution is 2.30. The molecule has 0 N–H and O–H groups in total. The van der Waals surface area contributed by atoms with Crippen molar-refractivity contribution in [1.29, 1.82) is 0 Å². The molecule has 19 heavy (non-hydrogen) atoms. The molecule has 1 unspecified atom stereocenters. The van der Waals surface area contributed by atoms with Gasteiger partial charge in [-0.3, -0.25) is 0 Å². The highest BCUT2D eigenvalue weighted by Gasteiger charge is 2.14. The summed E-state index contributed by atoms with van der Waals surface area (Å²) in [6.45, 7) is 4.66. The smallest absolute Gasteiger partial charge is 0.0414 e. The number of rotatable bonds is 12. The number of hydrogen-bond acceptors (Lipinski definition) is 0. The summed E-state index contributed by atoms with van der Waals surface area (Å²) in [5.74, 6) is 2.16. The van der Waals surface area contributed by atoms with E-state index in [1.165, 1.54) is 96.3 Å². The third-order valence-corrected chi connectivity index (χ3v) is 5.13. The Balaban J connectivity index is 2.04. The maximum atomic E-state index is 2.34. The Labute approximate surface area is 122 Å². The summed E-state index contributed by atoms with van der Waals surface area (Å²) in [4.78, 5) is 0. The Bertz CT molecular complexity index is 178. The minimum atomic E-state index is 1.05. The van der Waals surface area contributed by atoms with Gasteiger partial charge in [-0.25, -0.2) is 0 Å². The molecule has 1 fully saturated rings. The van der Waals surface area contributed by atoms with Crippen molar-refractivity contribution in [2.45, 2.75) is 110 Å². The number of unbranched alkanes of at least 4 members (excludes halogenated alkanes) is 4. The fourth-order valence-electron chi connectivity index (χ4n) is 3.77. The molecule has 1 aliphatic carbocycles. The third kappa shape index (κ3) is 8.71. The van der Waals surface area contributed by atoms with Crippen molar-refractivity contribution >= 4 is 0 Å². The predicted octanol–water partition coefficient (Wildman–Crippen LogP) is 7.12. The minimum absolute atomic E-state index is 1.05. The molecule has 1 rings (SSSR count). The molecule has 0 bridgehead atoms. The van der Waals surface area contributed by atoms with E-state index in [2.05, 4.69) is 13.8 Å². The first-order chi connectivity index (χ1) is 9.36. The second-order valence-electron chi connectivity index (χ2n) is 6.94. The molecule has 0 amide bonds. The first-order valence-corrected chi connectivity index (χ1v) is 9.36. The van der Waals surface area contributed by atoms with Crippen molar-refractivity contribution in [1.82, 2.24) is 0 Å². The number of hydrogen-bond donors (Lipinski definition) is 0. The topological polar surface area (TPSA) is 0 Å². The maximum absolute atomic E-state index is 2.34. The van der Waals surface area contributed by atoms with Crippen LogP contribution < -0.4 is 0 Å². The Morgan fingerprint density at radius 3 is 1.95 bits per heavy atom. The zero-order valence-corrected chi connectivity index (χ0v) is 13.8. The molecule has 0 aromatic carbocycles. The lowest BCUT2D eigenvalue weighted by Crippen LogP contribution is -2.02. The van der Waals surface area contributed by atoms with Crippen molar-refractivity contribution in [2.75, 3.05) is 0 Å². The van der Waals surface area contributed by atoms with Crippen LogP contribution >= 0.6 is 0 Å². The molecule has 0 aromatic rings. The van der Waals surface area contributed by atoms with E-state index in [1.54, 1.807) is 0 Å². The largest absolute Gasteiger partial charge is 0.0654 e. The summed E-state index contributed by atoms with van der Waals surface area (Å²) in [6, 6.07) is 0. The lowest BCUT2D eigenvalue weighted by molar-refractivity contribution is 0.364. The minimum Gasteiger partial charge on any atom is -0.0654 e. The van der Waals surface area contributed by atoms with Crippen LogP contribution in [0.5, 0.6) is 0 Å². The van der Waals surface area contributed by atoms with Crippen LogP contribution in [0.25, 0.3) is 0 Å². The average Bonchev–Trinajstić information content (AvgIpc) is 2.93. The van der Waals surface area contributed by atoms with E-state index in [0.717, 1.165) is 11.8 Å². The third-order valence-electron chi connectivity index (χ3n) is 5.13. The van der Waals surface area contributed by atoms with Crippen LogP contribution in [0.4, 0.5) is 0 Å². The van der Waals surface area contributed by atoms with Crippen molar-refractivity contribution in [3.05, 3.63) is 0 Å². The predicted molar refractivity (Wildman–Crippen MR) is 87.6 cm³/mol. The van der Waals surface area contributed by atoms with Crippen LogP contribution in [0.15, 0.2) is 0 Å². The first kappa shape index (κ1) is 17.1. The molecule has 0 spiro atoms. The molecule has 1 saturated carbocycles. The summed E-state index contributed by atoms with van der Waals surface area (Å²) in [7, 11) is 0. The lowest BCUT2D eigenvalue weighted by Gasteiger charge is -2.17. The van der Waals surface area contributed by atoms with Crippen molar-refractivity contribution < 1.29 is 0 Å². The Kier molecular flexibility index (Phi) is 10.6.